The number of aromatic nitrogens is 1. The molecule has 0 unspecified atom stereocenters. The highest BCUT2D eigenvalue weighted by molar-refractivity contribution is 7.90. The van der Waals surface area contributed by atoms with Gasteiger partial charge in [-0.3, -0.25) is 14.8 Å². The summed E-state index contributed by atoms with van der Waals surface area (Å²) in [5.74, 6) is -1.22. The van der Waals surface area contributed by atoms with Crippen molar-refractivity contribution in [2.45, 2.75) is 4.90 Å². The fourth-order valence-corrected chi connectivity index (χ4v) is 5.68. The highest BCUT2D eigenvalue weighted by Crippen LogP contribution is 2.35. The summed E-state index contributed by atoms with van der Waals surface area (Å²) in [6, 6.07) is 17.5. The number of anilines is 1. The first-order chi connectivity index (χ1) is 13.9. The van der Waals surface area contributed by atoms with Gasteiger partial charge in [0.25, 0.3) is 15.9 Å². The van der Waals surface area contributed by atoms with Gasteiger partial charge in [-0.2, -0.15) is 0 Å². The minimum atomic E-state index is -4.06. The van der Waals surface area contributed by atoms with Crippen LogP contribution in [0.15, 0.2) is 71.3 Å². The molecule has 9 heteroatoms. The van der Waals surface area contributed by atoms with E-state index in [4.69, 9.17) is 0 Å². The first kappa shape index (κ1) is 17.7. The number of nitrogens with zero attached hydrogens (tertiary/aromatic N) is 1. The number of rotatable bonds is 2. The molecule has 0 spiro atoms. The molecule has 3 aromatic carbocycles. The van der Waals surface area contributed by atoms with Gasteiger partial charge in [-0.1, -0.05) is 53.8 Å². The van der Waals surface area contributed by atoms with E-state index in [2.05, 4.69) is 15.0 Å². The van der Waals surface area contributed by atoms with Crippen LogP contribution in [0.1, 0.15) is 5.56 Å². The van der Waals surface area contributed by atoms with E-state index in [-0.39, 0.29) is 10.5 Å². The number of hydrogen-bond donors (Lipinski definition) is 3. The van der Waals surface area contributed by atoms with Crippen molar-refractivity contribution >= 4 is 59.1 Å². The highest BCUT2D eigenvalue weighted by atomic mass is 32.2. The second-order valence-electron chi connectivity index (χ2n) is 6.43. The topological polar surface area (TPSA) is 108 Å². The number of hydrogen-bond acceptors (Lipinski definition) is 6. The van der Waals surface area contributed by atoms with E-state index in [1.807, 2.05) is 24.3 Å². The molecule has 1 aliphatic rings. The van der Waals surface area contributed by atoms with Crippen molar-refractivity contribution < 1.29 is 18.3 Å². The number of aliphatic hydroxyl groups excluding tert-OH is 1. The fourth-order valence-electron chi connectivity index (χ4n) is 3.33. The Morgan fingerprint density at radius 2 is 1.79 bits per heavy atom. The molecule has 0 saturated heterocycles. The Hall–Kier alpha value is -3.43. The lowest BCUT2D eigenvalue weighted by molar-refractivity contribution is -0.113. The molecule has 7 nitrogen and oxygen atoms in total. The minimum Gasteiger partial charge on any atom is -0.505 e. The van der Waals surface area contributed by atoms with Crippen LogP contribution in [0.5, 0.6) is 0 Å². The molecule has 2 heterocycles. The Morgan fingerprint density at radius 1 is 1.03 bits per heavy atom. The van der Waals surface area contributed by atoms with Crippen molar-refractivity contribution in [1.82, 2.24) is 9.71 Å². The number of fused-ring (bicyclic) bond motifs is 4. The second-order valence-corrected chi connectivity index (χ2v) is 9.08. The number of aliphatic hydroxyl groups is 1. The van der Waals surface area contributed by atoms with Crippen molar-refractivity contribution in [2.24, 2.45) is 0 Å². The van der Waals surface area contributed by atoms with Crippen LogP contribution in [0, 0.1) is 0 Å². The molecule has 0 fully saturated rings. The zero-order valence-electron chi connectivity index (χ0n) is 14.7. The first-order valence-corrected chi connectivity index (χ1v) is 10.9. The van der Waals surface area contributed by atoms with Gasteiger partial charge >= 0.3 is 0 Å². The zero-order valence-corrected chi connectivity index (χ0v) is 16.3. The van der Waals surface area contributed by atoms with Gasteiger partial charge in [0.1, 0.15) is 4.90 Å². The van der Waals surface area contributed by atoms with Crippen molar-refractivity contribution in [2.75, 3.05) is 5.32 Å². The predicted molar refractivity (Wildman–Crippen MR) is 112 cm³/mol. The predicted octanol–water partition coefficient (Wildman–Crippen LogP) is 3.61. The van der Waals surface area contributed by atoms with Crippen LogP contribution in [0.25, 0.3) is 26.7 Å². The molecule has 144 valence electrons. The molecular formula is C20H13N3O4S2. The molecule has 0 bridgehead atoms. The summed E-state index contributed by atoms with van der Waals surface area (Å²) >= 11 is 1.25. The van der Waals surface area contributed by atoms with Crippen molar-refractivity contribution in [3.8, 4) is 0 Å². The van der Waals surface area contributed by atoms with Crippen LogP contribution < -0.4 is 10.0 Å². The maximum Gasteiger partial charge on any atom is 0.278 e. The van der Waals surface area contributed by atoms with E-state index in [1.54, 1.807) is 30.3 Å². The molecule has 4 aromatic rings. The van der Waals surface area contributed by atoms with Crippen LogP contribution in [-0.2, 0) is 14.8 Å². The molecule has 29 heavy (non-hydrogen) atoms. The van der Waals surface area contributed by atoms with Gasteiger partial charge in [0.15, 0.2) is 16.6 Å². The van der Waals surface area contributed by atoms with Crippen molar-refractivity contribution in [3.05, 3.63) is 71.9 Å². The molecule has 0 saturated carbocycles. The third kappa shape index (κ3) is 2.82. The van der Waals surface area contributed by atoms with Crippen molar-refractivity contribution in [1.29, 1.82) is 0 Å². The average Bonchev–Trinajstić information content (AvgIpc) is 3.12. The SMILES string of the molecule is O=C(Nc1nc2ccccc2s1)C1=C(O)c2ccc3ccccc3c2S(=O)(=O)N1. The number of benzene rings is 3. The molecule has 1 aliphatic heterocycles. The third-order valence-corrected chi connectivity index (χ3v) is 7.02. The summed E-state index contributed by atoms with van der Waals surface area (Å²) in [6.07, 6.45) is 0. The Balaban J connectivity index is 1.60. The lowest BCUT2D eigenvalue weighted by Crippen LogP contribution is -2.35. The zero-order chi connectivity index (χ0) is 20.2. The Kier molecular flexibility index (Phi) is 3.83. The number of nitrogens with one attached hydrogen (secondary N) is 2. The Bertz CT molecular complexity index is 1420. The highest BCUT2D eigenvalue weighted by Gasteiger charge is 2.34. The van der Waals surface area contributed by atoms with Gasteiger partial charge in [-0.05, 0) is 23.6 Å². The number of amides is 1. The standard InChI is InChI=1S/C20H13N3O4S2/c24-17-13-10-9-11-5-1-2-6-12(11)18(13)29(26,27)23-16(17)19(25)22-20-21-14-7-3-4-8-15(14)28-20/h1-10,23-24H,(H,21,22,25). The quantitative estimate of drug-likeness (QED) is 0.456. The van der Waals surface area contributed by atoms with Crippen LogP contribution in [0.4, 0.5) is 5.13 Å². The molecule has 0 radical (unpaired) electrons. The van der Waals surface area contributed by atoms with Crippen LogP contribution in [0.2, 0.25) is 0 Å². The third-order valence-electron chi connectivity index (χ3n) is 4.62. The number of thiazole rings is 1. The van der Waals surface area contributed by atoms with Gasteiger partial charge < -0.3 is 5.11 Å². The van der Waals surface area contributed by atoms with E-state index >= 15 is 0 Å². The van der Waals surface area contributed by atoms with Gasteiger partial charge in [0, 0.05) is 10.9 Å². The van der Waals surface area contributed by atoms with E-state index in [1.165, 1.54) is 17.4 Å². The largest absolute Gasteiger partial charge is 0.505 e. The normalized spacial score (nSPS) is 15.2. The summed E-state index contributed by atoms with van der Waals surface area (Å²) < 4.78 is 28.9. The molecule has 0 aliphatic carbocycles. The Labute approximate surface area is 169 Å². The van der Waals surface area contributed by atoms with E-state index < -0.39 is 27.4 Å². The fraction of sp³-hybridized carbons (Fsp3) is 0. The monoisotopic (exact) mass is 423 g/mol. The van der Waals surface area contributed by atoms with E-state index in [0.29, 0.717) is 21.4 Å². The van der Waals surface area contributed by atoms with Crippen LogP contribution >= 0.6 is 11.3 Å². The average molecular weight is 423 g/mol. The minimum absolute atomic E-state index is 0.0513. The molecular weight excluding hydrogens is 410 g/mol. The summed E-state index contributed by atoms with van der Waals surface area (Å²) in [7, 11) is -4.06. The number of para-hydroxylation sites is 1. The Morgan fingerprint density at radius 3 is 2.62 bits per heavy atom. The number of carbonyl (C=O) groups excluding carboxylic acids is 1. The van der Waals surface area contributed by atoms with Gasteiger partial charge in [0.05, 0.1) is 10.2 Å². The smallest absolute Gasteiger partial charge is 0.278 e. The van der Waals surface area contributed by atoms with Gasteiger partial charge in [0.2, 0.25) is 0 Å². The molecule has 5 rings (SSSR count). The maximum atomic E-state index is 12.9. The lowest BCUT2D eigenvalue weighted by atomic mass is 10.0. The second kappa shape index (κ2) is 6.29. The molecule has 1 amide bonds. The van der Waals surface area contributed by atoms with Crippen molar-refractivity contribution in [3.63, 3.8) is 0 Å². The molecule has 1 aromatic heterocycles. The van der Waals surface area contributed by atoms with Gasteiger partial charge in [-0.15, -0.1) is 0 Å². The number of sulfonamides is 1. The van der Waals surface area contributed by atoms with Crippen LogP contribution in [-0.4, -0.2) is 24.4 Å². The molecule has 0 atom stereocenters. The van der Waals surface area contributed by atoms with Crippen LogP contribution in [0.3, 0.4) is 0 Å². The summed E-state index contributed by atoms with van der Waals surface area (Å²) in [5.41, 5.74) is 0.357. The maximum absolute atomic E-state index is 12.9. The summed E-state index contributed by atoms with van der Waals surface area (Å²) in [5, 5.41) is 14.7. The lowest BCUT2D eigenvalue weighted by Gasteiger charge is -2.22. The molecule has 3 N–H and O–H groups in total. The first-order valence-electron chi connectivity index (χ1n) is 8.59. The van der Waals surface area contributed by atoms with E-state index in [0.717, 1.165) is 4.70 Å². The summed E-state index contributed by atoms with van der Waals surface area (Å²) in [4.78, 5) is 17.0. The van der Waals surface area contributed by atoms with E-state index in [9.17, 15) is 18.3 Å². The summed E-state index contributed by atoms with van der Waals surface area (Å²) in [6.45, 7) is 0. The van der Waals surface area contributed by atoms with Gasteiger partial charge in [-0.25, -0.2) is 13.4 Å². The number of carbonyl (C=O) groups is 1.